The fourth-order valence-electron chi connectivity index (χ4n) is 3.21. The summed E-state index contributed by atoms with van der Waals surface area (Å²) in [6.07, 6.45) is 3.23. The highest BCUT2D eigenvalue weighted by atomic mass is 16.5. The third kappa shape index (κ3) is 2.94. The Labute approximate surface area is 151 Å². The number of rotatable bonds is 4. The maximum absolute atomic E-state index is 12.7. The third-order valence-corrected chi connectivity index (χ3v) is 4.60. The van der Waals surface area contributed by atoms with E-state index in [1.165, 1.54) is 6.33 Å². The maximum Gasteiger partial charge on any atom is 0.242 e. The smallest absolute Gasteiger partial charge is 0.242 e. The summed E-state index contributed by atoms with van der Waals surface area (Å²) in [4.78, 5) is 29.5. The number of benzene rings is 1. The van der Waals surface area contributed by atoms with Crippen molar-refractivity contribution in [1.29, 1.82) is 0 Å². The lowest BCUT2D eigenvalue weighted by atomic mass is 10.2. The van der Waals surface area contributed by atoms with Gasteiger partial charge in [-0.3, -0.25) is 4.79 Å². The van der Waals surface area contributed by atoms with Crippen LogP contribution in [0.3, 0.4) is 0 Å². The topological polar surface area (TPSA) is 76.4 Å². The molecule has 1 aliphatic heterocycles. The zero-order chi connectivity index (χ0) is 18.1. The van der Waals surface area contributed by atoms with Crippen LogP contribution >= 0.6 is 0 Å². The lowest BCUT2D eigenvalue weighted by molar-refractivity contribution is -0.131. The second-order valence-corrected chi connectivity index (χ2v) is 6.31. The summed E-state index contributed by atoms with van der Waals surface area (Å²) in [5.74, 6) is 1.58. The molecule has 3 aromatic rings. The number of carbonyl (C=O) groups is 1. The van der Waals surface area contributed by atoms with E-state index in [0.29, 0.717) is 25.5 Å². The molecule has 0 spiro atoms. The molecule has 134 valence electrons. The van der Waals surface area contributed by atoms with Gasteiger partial charge in [0.15, 0.2) is 17.0 Å². The summed E-state index contributed by atoms with van der Waals surface area (Å²) in [6.45, 7) is 2.20. The number of carbonyl (C=O) groups excluding carboxylic acids is 1. The molecule has 1 aromatic carbocycles. The van der Waals surface area contributed by atoms with Gasteiger partial charge in [0, 0.05) is 26.7 Å². The Kier molecular flexibility index (Phi) is 4.16. The van der Waals surface area contributed by atoms with Gasteiger partial charge in [-0.25, -0.2) is 15.0 Å². The van der Waals surface area contributed by atoms with Crippen LogP contribution in [0, 0.1) is 0 Å². The maximum atomic E-state index is 12.7. The van der Waals surface area contributed by atoms with Gasteiger partial charge in [0.2, 0.25) is 5.91 Å². The molecule has 8 heteroatoms. The average Bonchev–Trinajstić information content (AvgIpc) is 3.05. The first kappa shape index (κ1) is 16.3. The van der Waals surface area contributed by atoms with Crippen LogP contribution < -0.4 is 9.64 Å². The molecule has 0 radical (unpaired) electrons. The van der Waals surface area contributed by atoms with E-state index in [4.69, 9.17) is 4.74 Å². The van der Waals surface area contributed by atoms with Crippen molar-refractivity contribution in [3.63, 3.8) is 0 Å². The van der Waals surface area contributed by atoms with Crippen molar-refractivity contribution >= 4 is 22.9 Å². The molecule has 4 rings (SSSR count). The number of methoxy groups -OCH3 is 1. The van der Waals surface area contributed by atoms with Gasteiger partial charge in [-0.1, -0.05) is 12.1 Å². The van der Waals surface area contributed by atoms with Crippen LogP contribution in [0.25, 0.3) is 11.2 Å². The van der Waals surface area contributed by atoms with Crippen LogP contribution in [-0.2, 0) is 18.4 Å². The molecule has 1 fully saturated rings. The van der Waals surface area contributed by atoms with E-state index in [2.05, 4.69) is 15.0 Å². The van der Waals surface area contributed by atoms with Crippen LogP contribution in [0.15, 0.2) is 36.9 Å². The number of anilines is 1. The summed E-state index contributed by atoms with van der Waals surface area (Å²) >= 11 is 0. The summed E-state index contributed by atoms with van der Waals surface area (Å²) < 4.78 is 7.10. The molecule has 8 nitrogen and oxygen atoms in total. The van der Waals surface area contributed by atoms with Crippen molar-refractivity contribution in [2.75, 3.05) is 31.6 Å². The van der Waals surface area contributed by atoms with E-state index in [1.807, 2.05) is 45.7 Å². The van der Waals surface area contributed by atoms with Gasteiger partial charge in [-0.2, -0.15) is 0 Å². The first-order chi connectivity index (χ1) is 12.7. The summed E-state index contributed by atoms with van der Waals surface area (Å²) in [6, 6.07) is 7.80. The Morgan fingerprint density at radius 1 is 1.19 bits per heavy atom. The van der Waals surface area contributed by atoms with Gasteiger partial charge in [0.25, 0.3) is 0 Å². The first-order valence-corrected chi connectivity index (χ1v) is 8.43. The SMILES string of the molecule is COc1cccc(CN2CCN(c3ncnc4c3ncn4C)CC2=O)c1. The highest BCUT2D eigenvalue weighted by Gasteiger charge is 2.26. The van der Waals surface area contributed by atoms with E-state index in [1.54, 1.807) is 13.4 Å². The Morgan fingerprint density at radius 2 is 2.08 bits per heavy atom. The molecule has 1 amide bonds. The van der Waals surface area contributed by atoms with E-state index in [9.17, 15) is 4.79 Å². The largest absolute Gasteiger partial charge is 0.497 e. The molecule has 0 bridgehead atoms. The number of aromatic nitrogens is 4. The van der Waals surface area contributed by atoms with Crippen molar-refractivity contribution in [3.8, 4) is 5.75 Å². The molecule has 0 saturated carbocycles. The first-order valence-electron chi connectivity index (χ1n) is 8.43. The number of imidazole rings is 1. The number of amides is 1. The van der Waals surface area contributed by atoms with Crippen LogP contribution in [0.5, 0.6) is 5.75 Å². The lowest BCUT2D eigenvalue weighted by Gasteiger charge is -2.35. The Balaban J connectivity index is 1.50. The van der Waals surface area contributed by atoms with Crippen molar-refractivity contribution in [1.82, 2.24) is 24.4 Å². The minimum atomic E-state index is 0.0711. The molecule has 1 aliphatic rings. The minimum Gasteiger partial charge on any atom is -0.497 e. The van der Waals surface area contributed by atoms with Gasteiger partial charge in [0.1, 0.15) is 12.1 Å². The average molecular weight is 352 g/mol. The van der Waals surface area contributed by atoms with E-state index < -0.39 is 0 Å². The lowest BCUT2D eigenvalue weighted by Crippen LogP contribution is -2.50. The number of piperazine rings is 1. The predicted molar refractivity (Wildman–Crippen MR) is 96.9 cm³/mol. The number of fused-ring (bicyclic) bond motifs is 1. The summed E-state index contributed by atoms with van der Waals surface area (Å²) in [7, 11) is 3.53. The second kappa shape index (κ2) is 6.62. The van der Waals surface area contributed by atoms with Crippen LogP contribution in [0.2, 0.25) is 0 Å². The highest BCUT2D eigenvalue weighted by molar-refractivity contribution is 5.88. The Hall–Kier alpha value is -3.16. The summed E-state index contributed by atoms with van der Waals surface area (Å²) in [5.41, 5.74) is 2.55. The van der Waals surface area contributed by atoms with Crippen molar-refractivity contribution in [2.24, 2.45) is 7.05 Å². The quantitative estimate of drug-likeness (QED) is 0.703. The molecular formula is C18H20N6O2. The van der Waals surface area contributed by atoms with E-state index in [0.717, 1.165) is 22.5 Å². The number of hydrogen-bond donors (Lipinski definition) is 0. The number of aryl methyl sites for hydroxylation is 1. The molecule has 0 atom stereocenters. The Bertz CT molecular complexity index is 954. The van der Waals surface area contributed by atoms with E-state index >= 15 is 0 Å². The van der Waals surface area contributed by atoms with Crippen molar-refractivity contribution < 1.29 is 9.53 Å². The molecular weight excluding hydrogens is 332 g/mol. The third-order valence-electron chi connectivity index (χ3n) is 4.60. The van der Waals surface area contributed by atoms with Crippen LogP contribution in [-0.4, -0.2) is 57.1 Å². The molecule has 0 N–H and O–H groups in total. The van der Waals surface area contributed by atoms with Gasteiger partial charge in [-0.15, -0.1) is 0 Å². The molecule has 3 heterocycles. The fourth-order valence-corrected chi connectivity index (χ4v) is 3.21. The molecule has 0 unspecified atom stereocenters. The standard InChI is InChI=1S/C18H20N6O2/c1-22-12-21-16-17(22)19-11-20-18(16)24-7-6-23(15(25)10-24)9-13-4-3-5-14(8-13)26-2/h3-5,8,11-12H,6-7,9-10H2,1-2H3. The molecule has 1 saturated heterocycles. The van der Waals surface area contributed by atoms with Crippen molar-refractivity contribution in [2.45, 2.75) is 6.54 Å². The van der Waals surface area contributed by atoms with Gasteiger partial charge >= 0.3 is 0 Å². The number of nitrogens with zero attached hydrogens (tertiary/aromatic N) is 6. The second-order valence-electron chi connectivity index (χ2n) is 6.31. The minimum absolute atomic E-state index is 0.0711. The van der Waals surface area contributed by atoms with Crippen molar-refractivity contribution in [3.05, 3.63) is 42.5 Å². The summed E-state index contributed by atoms with van der Waals surface area (Å²) in [5, 5.41) is 0. The zero-order valence-electron chi connectivity index (χ0n) is 14.8. The van der Waals surface area contributed by atoms with Crippen LogP contribution in [0.4, 0.5) is 5.82 Å². The van der Waals surface area contributed by atoms with Gasteiger partial charge in [-0.05, 0) is 17.7 Å². The normalized spacial score (nSPS) is 14.9. The predicted octanol–water partition coefficient (Wildman–Crippen LogP) is 1.22. The number of ether oxygens (including phenoxy) is 1. The highest BCUT2D eigenvalue weighted by Crippen LogP contribution is 2.23. The molecule has 0 aliphatic carbocycles. The van der Waals surface area contributed by atoms with Crippen LogP contribution in [0.1, 0.15) is 5.56 Å². The molecule has 2 aromatic heterocycles. The number of hydrogen-bond acceptors (Lipinski definition) is 6. The monoisotopic (exact) mass is 352 g/mol. The van der Waals surface area contributed by atoms with Gasteiger partial charge in [0.05, 0.1) is 20.0 Å². The van der Waals surface area contributed by atoms with Gasteiger partial charge < -0.3 is 19.1 Å². The fraction of sp³-hybridized carbons (Fsp3) is 0.333. The zero-order valence-corrected chi connectivity index (χ0v) is 14.8. The molecule has 26 heavy (non-hydrogen) atoms. The Morgan fingerprint density at radius 3 is 2.88 bits per heavy atom. The van der Waals surface area contributed by atoms with E-state index in [-0.39, 0.29) is 12.5 Å².